The van der Waals surface area contributed by atoms with Gasteiger partial charge in [0.25, 0.3) is 0 Å². The highest BCUT2D eigenvalue weighted by Gasteiger charge is 2.33. The molecule has 0 bridgehead atoms. The molecule has 5 N–H and O–H groups in total. The number of nitrogens with two attached hydrogens (primary N) is 1. The highest BCUT2D eigenvalue weighted by molar-refractivity contribution is 5.83. The van der Waals surface area contributed by atoms with Crippen LogP contribution in [0.4, 0.5) is 5.82 Å². The Labute approximate surface area is 226 Å². The fourth-order valence-electron chi connectivity index (χ4n) is 5.52. The van der Waals surface area contributed by atoms with Gasteiger partial charge in [0.1, 0.15) is 17.6 Å². The first-order valence-corrected chi connectivity index (χ1v) is 13.9. The van der Waals surface area contributed by atoms with Crippen molar-refractivity contribution in [3.05, 3.63) is 59.3 Å². The second kappa shape index (κ2) is 12.6. The van der Waals surface area contributed by atoms with Crippen molar-refractivity contribution in [1.82, 2.24) is 20.4 Å². The van der Waals surface area contributed by atoms with Crippen molar-refractivity contribution in [2.24, 2.45) is 5.92 Å². The zero-order valence-electron chi connectivity index (χ0n) is 23.0. The minimum absolute atomic E-state index is 0.0755. The van der Waals surface area contributed by atoms with Gasteiger partial charge in [0.05, 0.1) is 18.4 Å². The Morgan fingerprint density at radius 3 is 2.55 bits per heavy atom. The average Bonchev–Trinajstić information content (AvgIpc) is 3.47. The number of anilines is 1. The largest absolute Gasteiger partial charge is 0.493 e. The number of nitrogens with one attached hydrogen (secondary N) is 2. The third-order valence-corrected chi connectivity index (χ3v) is 7.69. The molecule has 2 fully saturated rings. The van der Waals surface area contributed by atoms with Gasteiger partial charge < -0.3 is 26.2 Å². The molecule has 8 heteroatoms. The summed E-state index contributed by atoms with van der Waals surface area (Å²) in [5, 5.41) is 20.9. The number of hydrogen-bond donors (Lipinski definition) is 4. The summed E-state index contributed by atoms with van der Waals surface area (Å²) < 4.78 is 7.93. The van der Waals surface area contributed by atoms with Crippen LogP contribution in [-0.4, -0.2) is 52.1 Å². The number of aliphatic hydroxyl groups is 1. The molecule has 8 nitrogen and oxygen atoms in total. The van der Waals surface area contributed by atoms with E-state index in [0.29, 0.717) is 31.3 Å². The predicted molar refractivity (Wildman–Crippen MR) is 152 cm³/mol. The topological polar surface area (TPSA) is 114 Å². The van der Waals surface area contributed by atoms with Gasteiger partial charge in [0.15, 0.2) is 0 Å². The second-order valence-corrected chi connectivity index (χ2v) is 10.9. The Morgan fingerprint density at radius 1 is 1.24 bits per heavy atom. The first-order valence-electron chi connectivity index (χ1n) is 13.9. The van der Waals surface area contributed by atoms with E-state index < -0.39 is 12.1 Å². The maximum atomic E-state index is 12.4. The number of benzene rings is 1. The van der Waals surface area contributed by atoms with Crippen LogP contribution in [0.5, 0.6) is 5.75 Å². The van der Waals surface area contributed by atoms with Gasteiger partial charge in [0.2, 0.25) is 5.91 Å². The molecule has 2 heterocycles. The molecule has 2 aliphatic rings. The van der Waals surface area contributed by atoms with Crippen molar-refractivity contribution in [3.63, 3.8) is 0 Å². The first-order chi connectivity index (χ1) is 18.2. The highest BCUT2D eigenvalue weighted by Crippen LogP contribution is 2.28. The Morgan fingerprint density at radius 2 is 1.95 bits per heavy atom. The Balaban J connectivity index is 1.26. The summed E-state index contributed by atoms with van der Waals surface area (Å²) in [4.78, 5) is 12.4. The molecule has 2 atom stereocenters. The number of ether oxygens (including phenoxy) is 1. The van der Waals surface area contributed by atoms with Gasteiger partial charge in [-0.15, -0.1) is 0 Å². The first kappa shape index (κ1) is 27.9. The molecule has 0 radical (unpaired) electrons. The molecule has 1 amide bonds. The lowest BCUT2D eigenvalue weighted by Gasteiger charge is -2.30. The van der Waals surface area contributed by atoms with E-state index in [9.17, 15) is 9.90 Å². The van der Waals surface area contributed by atoms with Crippen molar-refractivity contribution in [1.29, 1.82) is 0 Å². The number of aromatic nitrogens is 2. The summed E-state index contributed by atoms with van der Waals surface area (Å²) in [6.07, 6.45) is 7.50. The van der Waals surface area contributed by atoms with E-state index in [0.717, 1.165) is 72.4 Å². The van der Waals surface area contributed by atoms with Crippen LogP contribution in [-0.2, 0) is 17.6 Å². The minimum atomic E-state index is -0.581. The molecule has 1 aliphatic heterocycles. The number of aryl methyl sites for hydroxylation is 1. The lowest BCUT2D eigenvalue weighted by atomic mass is 9.86. The number of amides is 1. The van der Waals surface area contributed by atoms with Crippen molar-refractivity contribution < 1.29 is 14.6 Å². The van der Waals surface area contributed by atoms with Crippen molar-refractivity contribution >= 4 is 17.4 Å². The Kier molecular flexibility index (Phi) is 9.28. The molecular weight excluding hydrogens is 478 g/mol. The Hall–Kier alpha value is -3.10. The maximum Gasteiger partial charge on any atom is 0.240 e. The molecule has 1 aliphatic carbocycles. The molecule has 0 spiro atoms. The van der Waals surface area contributed by atoms with Crippen LogP contribution in [0.3, 0.4) is 0 Å². The van der Waals surface area contributed by atoms with Gasteiger partial charge >= 0.3 is 0 Å². The van der Waals surface area contributed by atoms with Crippen LogP contribution in [0.2, 0.25) is 0 Å². The fraction of sp³-hybridized carbons (Fsp3) is 0.533. The van der Waals surface area contributed by atoms with E-state index in [1.165, 1.54) is 0 Å². The van der Waals surface area contributed by atoms with Gasteiger partial charge in [-0.05, 0) is 88.6 Å². The zero-order valence-corrected chi connectivity index (χ0v) is 23.0. The van der Waals surface area contributed by atoms with E-state index in [2.05, 4.69) is 36.3 Å². The lowest BCUT2D eigenvalue weighted by molar-refractivity contribution is -0.125. The summed E-state index contributed by atoms with van der Waals surface area (Å²) >= 11 is 0. The third kappa shape index (κ3) is 6.85. The quantitative estimate of drug-likeness (QED) is 0.353. The third-order valence-electron chi connectivity index (χ3n) is 7.69. The molecule has 2 aromatic rings. The van der Waals surface area contributed by atoms with Crippen LogP contribution in [0.15, 0.2) is 42.5 Å². The Bertz CT molecular complexity index is 1150. The van der Waals surface area contributed by atoms with Crippen molar-refractivity contribution in [2.75, 3.05) is 18.9 Å². The highest BCUT2D eigenvalue weighted by atomic mass is 16.5. The van der Waals surface area contributed by atoms with E-state index in [1.807, 2.05) is 36.7 Å². The van der Waals surface area contributed by atoms with Crippen molar-refractivity contribution in [3.8, 4) is 5.75 Å². The number of nitrogen functional groups attached to an aromatic ring is 1. The van der Waals surface area contributed by atoms with E-state index in [1.54, 1.807) is 0 Å². The van der Waals surface area contributed by atoms with Crippen LogP contribution in [0, 0.1) is 5.92 Å². The van der Waals surface area contributed by atoms with Gasteiger partial charge in [-0.25, -0.2) is 4.68 Å². The molecule has 1 saturated carbocycles. The number of carbonyl (C=O) groups is 1. The van der Waals surface area contributed by atoms with Gasteiger partial charge in [-0.3, -0.25) is 4.79 Å². The molecule has 1 aromatic heterocycles. The van der Waals surface area contributed by atoms with Gasteiger partial charge in [-0.2, -0.15) is 5.10 Å². The minimum Gasteiger partial charge on any atom is -0.493 e. The smallest absolute Gasteiger partial charge is 0.240 e. The number of nitrogens with zero attached hydrogens (tertiary/aromatic N) is 2. The molecule has 206 valence electrons. The lowest BCUT2D eigenvalue weighted by Crippen LogP contribution is -2.50. The standard InChI is InChI=1S/C30H43N5O3/c1-5-26-25(29(31)35(34-26)20(4)16-19(2)3)17-21-8-12-24(13-9-21)38-18-22-6-10-23(11-7-22)33-30(37)28-27(36)14-15-32-28/h8-9,12-13,16,22-23,27-28,32,36H,2,5-7,10-11,14-15,17-18,31H2,1,3-4H3,(H,33,37)/b20-16-/t22-,23+,27-,28+/m1/s1. The van der Waals surface area contributed by atoms with Crippen LogP contribution < -0.4 is 21.1 Å². The molecular formula is C30H43N5O3. The second-order valence-electron chi connectivity index (χ2n) is 10.9. The van der Waals surface area contributed by atoms with Crippen molar-refractivity contribution in [2.45, 2.75) is 83.9 Å². The number of carbonyl (C=O) groups excluding carboxylic acids is 1. The number of allylic oxidation sites excluding steroid dienone is 3. The normalized spacial score (nSPS) is 23.8. The van der Waals surface area contributed by atoms with Crippen LogP contribution in [0.25, 0.3) is 5.70 Å². The number of hydrogen-bond acceptors (Lipinski definition) is 6. The number of aliphatic hydroxyl groups excluding tert-OH is 1. The van der Waals surface area contributed by atoms with Crippen LogP contribution >= 0.6 is 0 Å². The SMILES string of the molecule is C=C(C)/C=C(/C)n1nc(CC)c(Cc2ccc(OC[C@H]3CC[C@@H](NC(=O)[C@H]4NCC[C@H]4O)CC3)cc2)c1N. The zero-order chi connectivity index (χ0) is 27.2. The molecule has 1 aromatic carbocycles. The summed E-state index contributed by atoms with van der Waals surface area (Å²) in [6.45, 7) is 11.4. The molecule has 0 unspecified atom stereocenters. The van der Waals surface area contributed by atoms with Gasteiger partial charge in [-0.1, -0.05) is 31.2 Å². The predicted octanol–water partition coefficient (Wildman–Crippen LogP) is 3.83. The fourth-order valence-corrected chi connectivity index (χ4v) is 5.52. The van der Waals surface area contributed by atoms with Gasteiger partial charge in [0, 0.05) is 23.7 Å². The summed E-state index contributed by atoms with van der Waals surface area (Å²) in [7, 11) is 0. The molecule has 4 rings (SSSR count). The van der Waals surface area contributed by atoms with Crippen LogP contribution in [0.1, 0.15) is 69.7 Å². The average molecular weight is 522 g/mol. The van der Waals surface area contributed by atoms with E-state index in [4.69, 9.17) is 15.6 Å². The monoisotopic (exact) mass is 521 g/mol. The maximum absolute atomic E-state index is 12.4. The molecule has 1 saturated heterocycles. The number of rotatable bonds is 10. The summed E-state index contributed by atoms with van der Waals surface area (Å²) in [6, 6.07) is 7.96. The van der Waals surface area contributed by atoms with E-state index >= 15 is 0 Å². The summed E-state index contributed by atoms with van der Waals surface area (Å²) in [5.74, 6) is 1.95. The van der Waals surface area contributed by atoms with E-state index in [-0.39, 0.29) is 11.9 Å². The summed E-state index contributed by atoms with van der Waals surface area (Å²) in [5.41, 5.74) is 11.7. The molecule has 38 heavy (non-hydrogen) atoms.